The molecule has 2 saturated carbocycles. The minimum atomic E-state index is 0.526. The zero-order valence-electron chi connectivity index (χ0n) is 14.8. The van der Waals surface area contributed by atoms with E-state index in [1.807, 2.05) is 7.11 Å². The zero-order chi connectivity index (χ0) is 15.4. The van der Waals surface area contributed by atoms with E-state index in [-0.39, 0.29) is 0 Å². The Kier molecular flexibility index (Phi) is 6.02. The predicted octanol–water partition coefficient (Wildman–Crippen LogP) is 5.99. The maximum Gasteiger partial charge on any atom is 0.0577 e. The lowest BCUT2D eigenvalue weighted by Crippen LogP contribution is -2.38. The van der Waals surface area contributed by atoms with Gasteiger partial charge in [-0.25, -0.2) is 0 Å². The summed E-state index contributed by atoms with van der Waals surface area (Å²) in [6.45, 7) is 2.42. The van der Waals surface area contributed by atoms with E-state index in [9.17, 15) is 0 Å². The number of hydrogen-bond acceptors (Lipinski definition) is 1. The van der Waals surface area contributed by atoms with Crippen molar-refractivity contribution in [3.05, 3.63) is 12.2 Å². The molecule has 5 unspecified atom stereocenters. The van der Waals surface area contributed by atoms with E-state index in [0.717, 1.165) is 29.6 Å². The Balaban J connectivity index is 1.69. The predicted molar refractivity (Wildman–Crippen MR) is 93.8 cm³/mol. The van der Waals surface area contributed by atoms with Gasteiger partial charge in [0, 0.05) is 7.11 Å². The van der Waals surface area contributed by atoms with Crippen molar-refractivity contribution in [2.45, 2.75) is 83.7 Å². The molecule has 6 atom stereocenters. The highest BCUT2D eigenvalue weighted by atomic mass is 16.5. The fraction of sp³-hybridized carbons (Fsp3) is 0.905. The van der Waals surface area contributed by atoms with Gasteiger partial charge in [0.05, 0.1) is 6.10 Å². The Labute approximate surface area is 137 Å². The number of rotatable bonds is 4. The van der Waals surface area contributed by atoms with Crippen molar-refractivity contribution >= 4 is 0 Å². The van der Waals surface area contributed by atoms with E-state index in [1.54, 1.807) is 0 Å². The fourth-order valence-corrected chi connectivity index (χ4v) is 5.84. The van der Waals surface area contributed by atoms with Crippen molar-refractivity contribution < 1.29 is 4.74 Å². The van der Waals surface area contributed by atoms with Gasteiger partial charge >= 0.3 is 0 Å². The van der Waals surface area contributed by atoms with Crippen LogP contribution < -0.4 is 0 Å². The molecule has 0 spiro atoms. The van der Waals surface area contributed by atoms with Crippen molar-refractivity contribution in [1.29, 1.82) is 0 Å². The molecule has 126 valence electrons. The van der Waals surface area contributed by atoms with Crippen LogP contribution in [0.5, 0.6) is 0 Å². The molecule has 0 radical (unpaired) electrons. The van der Waals surface area contributed by atoms with Crippen LogP contribution in [-0.4, -0.2) is 13.2 Å². The molecule has 0 bridgehead atoms. The Morgan fingerprint density at radius 3 is 2.50 bits per heavy atom. The number of ether oxygens (including phenoxy) is 1. The van der Waals surface area contributed by atoms with Crippen molar-refractivity contribution in [2.24, 2.45) is 29.6 Å². The molecule has 0 aliphatic heterocycles. The van der Waals surface area contributed by atoms with E-state index >= 15 is 0 Å². The molecule has 0 aromatic carbocycles. The van der Waals surface area contributed by atoms with E-state index in [0.29, 0.717) is 6.10 Å². The van der Waals surface area contributed by atoms with Crippen LogP contribution in [0.25, 0.3) is 0 Å². The van der Waals surface area contributed by atoms with Crippen LogP contribution in [0.3, 0.4) is 0 Å². The zero-order valence-corrected chi connectivity index (χ0v) is 14.8. The number of hydrogen-bond donors (Lipinski definition) is 0. The fourth-order valence-electron chi connectivity index (χ4n) is 5.84. The van der Waals surface area contributed by atoms with Crippen LogP contribution in [0.1, 0.15) is 77.6 Å². The molecule has 0 aromatic rings. The molecule has 2 fully saturated rings. The second-order valence-electron chi connectivity index (χ2n) is 8.22. The highest BCUT2D eigenvalue weighted by Gasteiger charge is 2.39. The van der Waals surface area contributed by atoms with Gasteiger partial charge in [-0.05, 0) is 74.5 Å². The summed E-state index contributed by atoms with van der Waals surface area (Å²) in [6.07, 6.45) is 21.1. The van der Waals surface area contributed by atoms with Gasteiger partial charge in [0.15, 0.2) is 0 Å². The van der Waals surface area contributed by atoms with Crippen LogP contribution in [-0.2, 0) is 4.74 Å². The average molecular weight is 305 g/mol. The SMILES string of the molecule is CC[C@@H]1CCCCC1C1CC(OC)CC(C2C=CCCC2)C1. The Morgan fingerprint density at radius 2 is 1.77 bits per heavy atom. The van der Waals surface area contributed by atoms with Gasteiger partial charge in [-0.1, -0.05) is 44.8 Å². The molecular weight excluding hydrogens is 268 g/mol. The first-order chi connectivity index (χ1) is 10.8. The van der Waals surface area contributed by atoms with Crippen molar-refractivity contribution in [3.63, 3.8) is 0 Å². The van der Waals surface area contributed by atoms with Gasteiger partial charge in [-0.2, -0.15) is 0 Å². The Morgan fingerprint density at radius 1 is 0.955 bits per heavy atom. The molecule has 3 aliphatic rings. The van der Waals surface area contributed by atoms with Crippen molar-refractivity contribution in [3.8, 4) is 0 Å². The van der Waals surface area contributed by atoms with E-state index in [4.69, 9.17) is 4.74 Å². The third kappa shape index (κ3) is 3.78. The first-order valence-electron chi connectivity index (χ1n) is 10.0. The first-order valence-corrected chi connectivity index (χ1v) is 10.0. The summed E-state index contributed by atoms with van der Waals surface area (Å²) in [5, 5.41) is 0. The van der Waals surface area contributed by atoms with E-state index < -0.39 is 0 Å². The van der Waals surface area contributed by atoms with Crippen LogP contribution in [0.2, 0.25) is 0 Å². The maximum atomic E-state index is 5.88. The van der Waals surface area contributed by atoms with Crippen molar-refractivity contribution in [1.82, 2.24) is 0 Å². The van der Waals surface area contributed by atoms with Gasteiger partial charge in [-0.15, -0.1) is 0 Å². The molecular formula is C21H36O. The molecule has 0 heterocycles. The molecule has 0 aromatic heterocycles. The third-order valence-electron chi connectivity index (χ3n) is 7.06. The summed E-state index contributed by atoms with van der Waals surface area (Å²) < 4.78 is 5.88. The topological polar surface area (TPSA) is 9.23 Å². The lowest BCUT2D eigenvalue weighted by Gasteiger charge is -2.45. The minimum absolute atomic E-state index is 0.526. The smallest absolute Gasteiger partial charge is 0.0577 e. The second-order valence-corrected chi connectivity index (χ2v) is 8.22. The van der Waals surface area contributed by atoms with Gasteiger partial charge in [-0.3, -0.25) is 0 Å². The second kappa shape index (κ2) is 7.99. The molecule has 1 heteroatoms. The lowest BCUT2D eigenvalue weighted by molar-refractivity contribution is -0.0126. The highest BCUT2D eigenvalue weighted by molar-refractivity contribution is 4.99. The molecule has 3 rings (SSSR count). The standard InChI is InChI=1S/C21H36O/c1-3-16-9-7-8-12-21(16)19-13-18(14-20(15-19)22-2)17-10-5-4-6-11-17/h5,10,16-21H,3-4,6-9,11-15H2,1-2H3/t16-,17?,18?,19?,20?,21?/m1/s1. The maximum absolute atomic E-state index is 5.88. The number of allylic oxidation sites excluding steroid dienone is 2. The molecule has 22 heavy (non-hydrogen) atoms. The summed E-state index contributed by atoms with van der Waals surface area (Å²) in [5.41, 5.74) is 0. The summed E-state index contributed by atoms with van der Waals surface area (Å²) in [4.78, 5) is 0. The van der Waals surface area contributed by atoms with Crippen LogP contribution in [0.4, 0.5) is 0 Å². The molecule has 0 saturated heterocycles. The minimum Gasteiger partial charge on any atom is -0.381 e. The molecule has 1 nitrogen and oxygen atoms in total. The van der Waals surface area contributed by atoms with Gasteiger partial charge < -0.3 is 4.74 Å². The van der Waals surface area contributed by atoms with E-state index in [1.165, 1.54) is 70.6 Å². The summed E-state index contributed by atoms with van der Waals surface area (Å²) >= 11 is 0. The lowest BCUT2D eigenvalue weighted by atomic mass is 9.62. The van der Waals surface area contributed by atoms with E-state index in [2.05, 4.69) is 19.1 Å². The average Bonchev–Trinajstić information content (AvgIpc) is 2.62. The molecule has 3 aliphatic carbocycles. The third-order valence-corrected chi connectivity index (χ3v) is 7.06. The normalized spacial score (nSPS) is 43.2. The van der Waals surface area contributed by atoms with Crippen LogP contribution in [0.15, 0.2) is 12.2 Å². The highest BCUT2D eigenvalue weighted by Crippen LogP contribution is 2.47. The van der Waals surface area contributed by atoms with Crippen LogP contribution in [0, 0.1) is 29.6 Å². The van der Waals surface area contributed by atoms with Gasteiger partial charge in [0.25, 0.3) is 0 Å². The quantitative estimate of drug-likeness (QED) is 0.580. The largest absolute Gasteiger partial charge is 0.381 e. The summed E-state index contributed by atoms with van der Waals surface area (Å²) in [7, 11) is 1.94. The molecule has 0 N–H and O–H groups in total. The first kappa shape index (κ1) is 16.6. The summed E-state index contributed by atoms with van der Waals surface area (Å²) in [5.74, 6) is 4.66. The number of methoxy groups -OCH3 is 1. The van der Waals surface area contributed by atoms with Crippen LogP contribution >= 0.6 is 0 Å². The van der Waals surface area contributed by atoms with Gasteiger partial charge in [0.2, 0.25) is 0 Å². The Bertz CT molecular complexity index is 361. The van der Waals surface area contributed by atoms with Gasteiger partial charge in [0.1, 0.15) is 0 Å². The monoisotopic (exact) mass is 304 g/mol. The summed E-state index contributed by atoms with van der Waals surface area (Å²) in [6, 6.07) is 0. The molecule has 0 amide bonds. The van der Waals surface area contributed by atoms with Crippen molar-refractivity contribution in [2.75, 3.05) is 7.11 Å². The Hall–Kier alpha value is -0.300.